The number of aliphatic carboxylic acids is 1. The number of fused-ring (bicyclic) bond motifs is 1. The molecule has 11 nitrogen and oxygen atoms in total. The average molecular weight is 514 g/mol. The van der Waals surface area contributed by atoms with Crippen LogP contribution in [0.1, 0.15) is 22.8 Å². The van der Waals surface area contributed by atoms with Crippen LogP contribution in [0.5, 0.6) is 6.01 Å². The quantitative estimate of drug-likeness (QED) is 0.281. The van der Waals surface area contributed by atoms with E-state index in [-0.39, 0.29) is 5.56 Å². The molecule has 192 valence electrons. The first-order chi connectivity index (χ1) is 18.4. The Balaban J connectivity index is 1.50. The molecule has 3 aromatic carbocycles. The Morgan fingerprint density at radius 1 is 1.03 bits per heavy atom. The van der Waals surface area contributed by atoms with E-state index in [4.69, 9.17) is 14.6 Å². The highest BCUT2D eigenvalue weighted by Gasteiger charge is 2.21. The number of ether oxygens (including phenoxy) is 2. The monoisotopic (exact) mass is 514 g/mol. The highest BCUT2D eigenvalue weighted by atomic mass is 16.5. The van der Waals surface area contributed by atoms with Crippen LogP contribution in [0.2, 0.25) is 0 Å². The second-order valence-electron chi connectivity index (χ2n) is 8.24. The Morgan fingerprint density at radius 2 is 1.79 bits per heavy atom. The van der Waals surface area contributed by atoms with E-state index >= 15 is 0 Å². The fraction of sp³-hybridized carbons (Fsp3) is 0.148. The van der Waals surface area contributed by atoms with Crippen LogP contribution in [0.4, 0.5) is 0 Å². The Hall–Kier alpha value is -5.19. The van der Waals surface area contributed by atoms with E-state index in [1.807, 2.05) is 55.5 Å². The number of imidazole rings is 1. The van der Waals surface area contributed by atoms with Crippen LogP contribution in [0.3, 0.4) is 0 Å². The number of carboxylic acids is 1. The minimum Gasteiger partial charge on any atom is -0.479 e. The molecule has 38 heavy (non-hydrogen) atoms. The molecule has 0 unspecified atom stereocenters. The lowest BCUT2D eigenvalue weighted by Gasteiger charge is -2.12. The van der Waals surface area contributed by atoms with Crippen LogP contribution < -0.4 is 10.5 Å². The van der Waals surface area contributed by atoms with Crippen molar-refractivity contribution in [3.8, 4) is 28.5 Å². The second-order valence-corrected chi connectivity index (χ2v) is 8.24. The molecule has 0 atom stereocenters. The number of para-hydroxylation sites is 1. The topological polar surface area (TPSA) is 150 Å². The molecule has 0 saturated carbocycles. The third kappa shape index (κ3) is 4.89. The molecule has 0 saturated heterocycles. The van der Waals surface area contributed by atoms with E-state index in [0.717, 1.165) is 22.3 Å². The second kappa shape index (κ2) is 10.4. The maximum Gasteiger partial charge on any atom is 0.439 e. The van der Waals surface area contributed by atoms with Crippen LogP contribution in [0.15, 0.2) is 76.0 Å². The zero-order valence-electron chi connectivity index (χ0n) is 20.2. The maximum absolute atomic E-state index is 12.7. The third-order valence-electron chi connectivity index (χ3n) is 5.78. The molecule has 0 bridgehead atoms. The van der Waals surface area contributed by atoms with Crippen LogP contribution in [0, 0.1) is 0 Å². The summed E-state index contributed by atoms with van der Waals surface area (Å²) in [5.41, 5.74) is 4.56. The van der Waals surface area contributed by atoms with Crippen molar-refractivity contribution in [1.82, 2.24) is 19.7 Å². The summed E-state index contributed by atoms with van der Waals surface area (Å²) in [5.74, 6) is -2.30. The van der Waals surface area contributed by atoms with Gasteiger partial charge in [-0.25, -0.2) is 14.4 Å². The first-order valence-electron chi connectivity index (χ1n) is 11.7. The highest BCUT2D eigenvalue weighted by molar-refractivity contribution is 6.03. The molecule has 0 fully saturated rings. The van der Waals surface area contributed by atoms with Gasteiger partial charge in [0.15, 0.2) is 12.4 Å². The number of hydrogen-bond acceptors (Lipinski definition) is 8. The van der Waals surface area contributed by atoms with E-state index in [9.17, 15) is 14.4 Å². The first-order valence-corrected chi connectivity index (χ1v) is 11.7. The Labute approximate surface area is 215 Å². The van der Waals surface area contributed by atoms with Gasteiger partial charge in [-0.2, -0.15) is 4.98 Å². The molecule has 5 aromatic rings. The van der Waals surface area contributed by atoms with Gasteiger partial charge in [-0.3, -0.25) is 14.1 Å². The molecule has 0 aliphatic heterocycles. The van der Waals surface area contributed by atoms with Gasteiger partial charge in [0, 0.05) is 5.56 Å². The van der Waals surface area contributed by atoms with Gasteiger partial charge >= 0.3 is 17.7 Å². The molecule has 0 spiro atoms. The molecule has 11 heteroatoms. The molecule has 0 aliphatic carbocycles. The van der Waals surface area contributed by atoms with E-state index < -0.39 is 24.3 Å². The summed E-state index contributed by atoms with van der Waals surface area (Å²) in [5, 5.41) is 12.7. The maximum atomic E-state index is 12.7. The van der Waals surface area contributed by atoms with Gasteiger partial charge in [0.2, 0.25) is 0 Å². The summed E-state index contributed by atoms with van der Waals surface area (Å²) in [7, 11) is 0. The van der Waals surface area contributed by atoms with Crippen LogP contribution in [-0.4, -0.2) is 50.0 Å². The van der Waals surface area contributed by atoms with E-state index in [2.05, 4.69) is 19.6 Å². The fourth-order valence-corrected chi connectivity index (χ4v) is 4.18. The average Bonchev–Trinajstić information content (AvgIpc) is 3.51. The number of rotatable bonds is 9. The molecule has 0 aliphatic rings. The lowest BCUT2D eigenvalue weighted by Crippen LogP contribution is -2.14. The van der Waals surface area contributed by atoms with Crippen LogP contribution in [-0.2, 0) is 16.1 Å². The molecule has 2 heterocycles. The largest absolute Gasteiger partial charge is 0.479 e. The summed E-state index contributed by atoms with van der Waals surface area (Å²) in [6, 6.07) is 20.5. The Bertz CT molecular complexity index is 1680. The van der Waals surface area contributed by atoms with Crippen molar-refractivity contribution in [2.45, 2.75) is 13.5 Å². The SMILES string of the molecule is CCOc1nc2cccc(C(=O)OCC(=O)O)c2n1Cc1ccc(-c2ccccc2-c2noc(=O)[nH]2)cc1. The van der Waals surface area contributed by atoms with Crippen LogP contribution in [0.25, 0.3) is 33.5 Å². The Morgan fingerprint density at radius 3 is 2.47 bits per heavy atom. The van der Waals surface area contributed by atoms with Gasteiger partial charge in [0.05, 0.1) is 29.7 Å². The minimum atomic E-state index is -1.24. The predicted octanol–water partition coefficient (Wildman–Crippen LogP) is 3.74. The van der Waals surface area contributed by atoms with E-state index in [1.54, 1.807) is 22.8 Å². The number of nitrogens with one attached hydrogen (secondary N) is 1. The normalized spacial score (nSPS) is 11.0. The van der Waals surface area contributed by atoms with Crippen molar-refractivity contribution in [1.29, 1.82) is 0 Å². The van der Waals surface area contributed by atoms with Crippen molar-refractivity contribution in [2.24, 2.45) is 0 Å². The number of aromatic nitrogens is 4. The van der Waals surface area contributed by atoms with Gasteiger partial charge in [-0.15, -0.1) is 0 Å². The van der Waals surface area contributed by atoms with Crippen molar-refractivity contribution in [3.63, 3.8) is 0 Å². The van der Waals surface area contributed by atoms with Gasteiger partial charge in [-0.1, -0.05) is 59.8 Å². The summed E-state index contributed by atoms with van der Waals surface area (Å²) in [6.07, 6.45) is 0. The minimum absolute atomic E-state index is 0.189. The number of hydrogen-bond donors (Lipinski definition) is 2. The van der Waals surface area contributed by atoms with Gasteiger partial charge in [-0.05, 0) is 35.7 Å². The number of benzene rings is 3. The smallest absolute Gasteiger partial charge is 0.439 e. The Kier molecular flexibility index (Phi) is 6.72. The van der Waals surface area contributed by atoms with Crippen molar-refractivity contribution >= 4 is 23.0 Å². The first kappa shape index (κ1) is 24.5. The molecular formula is C27H22N4O7. The summed E-state index contributed by atoms with van der Waals surface area (Å²) in [6.45, 7) is 1.78. The van der Waals surface area contributed by atoms with Crippen molar-refractivity contribution in [3.05, 3.63) is 88.4 Å². The van der Waals surface area contributed by atoms with Gasteiger partial charge < -0.3 is 14.6 Å². The zero-order valence-corrected chi connectivity index (χ0v) is 20.2. The number of carboxylic acid groups (broad SMARTS) is 1. The molecule has 5 rings (SSSR count). The number of esters is 1. The molecule has 0 radical (unpaired) electrons. The van der Waals surface area contributed by atoms with E-state index in [0.29, 0.717) is 36.0 Å². The highest BCUT2D eigenvalue weighted by Crippen LogP contribution is 2.31. The molecule has 2 aromatic heterocycles. The van der Waals surface area contributed by atoms with Crippen LogP contribution >= 0.6 is 0 Å². The summed E-state index contributed by atoms with van der Waals surface area (Å²) in [4.78, 5) is 42.1. The lowest BCUT2D eigenvalue weighted by atomic mass is 9.98. The molecule has 2 N–H and O–H groups in total. The standard InChI is InChI=1S/C27H22N4O7/c1-2-36-26-28-21-9-5-8-20(25(34)37-15-22(32)33)23(21)31(26)14-16-10-12-17(13-11-16)18-6-3-4-7-19(18)24-29-27(35)38-30-24/h3-13H,2,14-15H2,1H3,(H,32,33)(H,29,30,35). The van der Waals surface area contributed by atoms with Gasteiger partial charge in [0.1, 0.15) is 0 Å². The third-order valence-corrected chi connectivity index (χ3v) is 5.78. The summed E-state index contributed by atoms with van der Waals surface area (Å²) < 4.78 is 17.1. The summed E-state index contributed by atoms with van der Waals surface area (Å²) >= 11 is 0. The number of carbonyl (C=O) groups excluding carboxylic acids is 1. The molecule has 0 amide bonds. The zero-order chi connectivity index (χ0) is 26.6. The number of H-pyrrole nitrogens is 1. The van der Waals surface area contributed by atoms with Crippen molar-refractivity contribution in [2.75, 3.05) is 13.2 Å². The van der Waals surface area contributed by atoms with E-state index in [1.165, 1.54) is 0 Å². The number of nitrogens with zero attached hydrogens (tertiary/aromatic N) is 3. The predicted molar refractivity (Wildman–Crippen MR) is 136 cm³/mol. The van der Waals surface area contributed by atoms with Crippen molar-refractivity contribution < 1.29 is 28.7 Å². The molecular weight excluding hydrogens is 492 g/mol. The van der Waals surface area contributed by atoms with Gasteiger partial charge in [0.25, 0.3) is 6.01 Å². The number of carbonyl (C=O) groups is 2. The lowest BCUT2D eigenvalue weighted by molar-refractivity contribution is -0.140. The number of aromatic amines is 1. The fourth-order valence-electron chi connectivity index (χ4n) is 4.18.